The van der Waals surface area contributed by atoms with Crippen molar-refractivity contribution in [3.63, 3.8) is 0 Å². The summed E-state index contributed by atoms with van der Waals surface area (Å²) in [6, 6.07) is 10.8. The summed E-state index contributed by atoms with van der Waals surface area (Å²) < 4.78 is 0. The number of rotatable bonds is 3. The van der Waals surface area contributed by atoms with Crippen LogP contribution in [0, 0.1) is 6.07 Å². The fourth-order valence-electron chi connectivity index (χ4n) is 0.685. The number of para-hydroxylation sites is 1. The lowest BCUT2D eigenvalue weighted by Crippen LogP contribution is -1.96. The first-order chi connectivity index (χ1) is 4.93. The average Bonchev–Trinajstić information content (AvgIpc) is 2.03. The van der Waals surface area contributed by atoms with Crippen molar-refractivity contribution in [3.8, 4) is 0 Å². The maximum Gasteiger partial charge on any atom is 0.0423 e. The van der Waals surface area contributed by atoms with Crippen LogP contribution in [0.3, 0.4) is 0 Å². The van der Waals surface area contributed by atoms with Gasteiger partial charge in [0, 0.05) is 18.3 Å². The molecular formula is C9H10N. The molecule has 1 rings (SSSR count). The van der Waals surface area contributed by atoms with Crippen molar-refractivity contribution in [2.45, 2.75) is 0 Å². The molecule has 0 unspecified atom stereocenters. The van der Waals surface area contributed by atoms with Crippen molar-refractivity contribution >= 4 is 5.69 Å². The quantitative estimate of drug-likeness (QED) is 0.621. The Labute approximate surface area is 61.4 Å². The zero-order valence-corrected chi connectivity index (χ0v) is 5.80. The number of nitrogens with one attached hydrogen (secondary N) is 1. The molecule has 0 aliphatic carbocycles. The van der Waals surface area contributed by atoms with Gasteiger partial charge in [-0.25, -0.2) is 0 Å². The molecule has 51 valence electrons. The molecule has 0 bridgehead atoms. The smallest absolute Gasteiger partial charge is 0.0423 e. The summed E-state index contributed by atoms with van der Waals surface area (Å²) >= 11 is 0. The predicted molar refractivity (Wildman–Crippen MR) is 44.0 cm³/mol. The van der Waals surface area contributed by atoms with E-state index in [1.54, 1.807) is 0 Å². The SMILES string of the molecule is C=CCNc1[c]cccc1. The van der Waals surface area contributed by atoms with E-state index in [4.69, 9.17) is 0 Å². The molecule has 1 heteroatoms. The highest BCUT2D eigenvalue weighted by molar-refractivity contribution is 5.41. The normalized spacial score (nSPS) is 8.80. The molecule has 0 heterocycles. The summed E-state index contributed by atoms with van der Waals surface area (Å²) in [5, 5.41) is 3.12. The van der Waals surface area contributed by atoms with E-state index in [1.807, 2.05) is 30.3 Å². The Morgan fingerprint density at radius 2 is 2.50 bits per heavy atom. The third kappa shape index (κ3) is 1.94. The van der Waals surface area contributed by atoms with Gasteiger partial charge >= 0.3 is 0 Å². The molecule has 0 aromatic heterocycles. The molecule has 0 amide bonds. The summed E-state index contributed by atoms with van der Waals surface area (Å²) in [6.45, 7) is 4.39. The maximum absolute atomic E-state index is 3.60. The molecule has 0 aliphatic heterocycles. The van der Waals surface area contributed by atoms with Gasteiger partial charge in [-0.1, -0.05) is 24.3 Å². The summed E-state index contributed by atoms with van der Waals surface area (Å²) in [5.41, 5.74) is 1.02. The third-order valence-corrected chi connectivity index (χ3v) is 1.15. The fourth-order valence-corrected chi connectivity index (χ4v) is 0.685. The van der Waals surface area contributed by atoms with Crippen molar-refractivity contribution in [2.75, 3.05) is 11.9 Å². The Hall–Kier alpha value is -1.24. The van der Waals surface area contributed by atoms with E-state index < -0.39 is 0 Å². The standard InChI is InChI=1S/C9H10N/c1-2-8-10-9-6-4-3-5-7-9/h2-6,10H,1,8H2. The van der Waals surface area contributed by atoms with Crippen LogP contribution in [0.15, 0.2) is 36.9 Å². The Balaban J connectivity index is 2.50. The van der Waals surface area contributed by atoms with E-state index in [0.29, 0.717) is 0 Å². The molecule has 0 aliphatic rings. The Morgan fingerprint density at radius 1 is 1.60 bits per heavy atom. The van der Waals surface area contributed by atoms with Crippen molar-refractivity contribution in [3.05, 3.63) is 43.0 Å². The first kappa shape index (κ1) is 6.87. The van der Waals surface area contributed by atoms with Crippen LogP contribution >= 0.6 is 0 Å². The lowest BCUT2D eigenvalue weighted by atomic mass is 10.3. The lowest BCUT2D eigenvalue weighted by Gasteiger charge is -1.99. The second-order valence-electron chi connectivity index (χ2n) is 1.95. The van der Waals surface area contributed by atoms with Crippen LogP contribution in [0.4, 0.5) is 5.69 Å². The molecule has 1 N–H and O–H groups in total. The second-order valence-corrected chi connectivity index (χ2v) is 1.95. The number of hydrogen-bond donors (Lipinski definition) is 1. The molecular weight excluding hydrogens is 122 g/mol. The van der Waals surface area contributed by atoms with Gasteiger partial charge < -0.3 is 5.32 Å². The van der Waals surface area contributed by atoms with Gasteiger partial charge in [0.2, 0.25) is 0 Å². The van der Waals surface area contributed by atoms with Crippen molar-refractivity contribution in [2.24, 2.45) is 0 Å². The van der Waals surface area contributed by atoms with Crippen molar-refractivity contribution in [1.82, 2.24) is 0 Å². The number of benzene rings is 1. The largest absolute Gasteiger partial charge is 0.381 e. The van der Waals surface area contributed by atoms with Crippen molar-refractivity contribution in [1.29, 1.82) is 0 Å². The van der Waals surface area contributed by atoms with E-state index in [9.17, 15) is 0 Å². The molecule has 1 aromatic carbocycles. The minimum atomic E-state index is 0.792. The summed E-state index contributed by atoms with van der Waals surface area (Å²) in [4.78, 5) is 0. The number of anilines is 1. The monoisotopic (exact) mass is 132 g/mol. The number of hydrogen-bond acceptors (Lipinski definition) is 1. The Kier molecular flexibility index (Phi) is 2.56. The van der Waals surface area contributed by atoms with E-state index in [1.165, 1.54) is 0 Å². The topological polar surface area (TPSA) is 12.0 Å². The molecule has 0 fully saturated rings. The summed E-state index contributed by atoms with van der Waals surface area (Å²) in [7, 11) is 0. The predicted octanol–water partition coefficient (Wildman–Crippen LogP) is 2.08. The van der Waals surface area contributed by atoms with E-state index in [0.717, 1.165) is 12.2 Å². The molecule has 10 heavy (non-hydrogen) atoms. The van der Waals surface area contributed by atoms with E-state index in [-0.39, 0.29) is 0 Å². The first-order valence-corrected chi connectivity index (χ1v) is 3.25. The van der Waals surface area contributed by atoms with Gasteiger partial charge in [0.05, 0.1) is 0 Å². The molecule has 0 atom stereocenters. The van der Waals surface area contributed by atoms with Crippen LogP contribution in [0.5, 0.6) is 0 Å². The van der Waals surface area contributed by atoms with Gasteiger partial charge in [-0.15, -0.1) is 6.58 Å². The molecule has 0 spiro atoms. The highest BCUT2D eigenvalue weighted by Crippen LogP contribution is 2.02. The van der Waals surface area contributed by atoms with Gasteiger partial charge in [-0.05, 0) is 6.07 Å². The average molecular weight is 132 g/mol. The van der Waals surface area contributed by atoms with Crippen LogP contribution in [0.2, 0.25) is 0 Å². The van der Waals surface area contributed by atoms with Gasteiger partial charge in [0.25, 0.3) is 0 Å². The van der Waals surface area contributed by atoms with Gasteiger partial charge in [0.1, 0.15) is 0 Å². The minimum absolute atomic E-state index is 0.792. The van der Waals surface area contributed by atoms with Crippen molar-refractivity contribution < 1.29 is 0 Å². The lowest BCUT2D eigenvalue weighted by molar-refractivity contribution is 1.34. The first-order valence-electron chi connectivity index (χ1n) is 3.25. The van der Waals surface area contributed by atoms with Gasteiger partial charge in [-0.2, -0.15) is 0 Å². The van der Waals surface area contributed by atoms with E-state index in [2.05, 4.69) is 18.0 Å². The van der Waals surface area contributed by atoms with Crippen LogP contribution in [-0.4, -0.2) is 6.54 Å². The van der Waals surface area contributed by atoms with Gasteiger partial charge in [-0.3, -0.25) is 0 Å². The molecule has 1 aromatic rings. The minimum Gasteiger partial charge on any atom is -0.381 e. The van der Waals surface area contributed by atoms with Crippen LogP contribution in [0.25, 0.3) is 0 Å². The maximum atomic E-state index is 3.60. The summed E-state index contributed by atoms with van der Waals surface area (Å²) in [5.74, 6) is 0. The fraction of sp³-hybridized carbons (Fsp3) is 0.111. The van der Waals surface area contributed by atoms with Crippen LogP contribution in [0.1, 0.15) is 0 Å². The molecule has 1 nitrogen and oxygen atoms in total. The van der Waals surface area contributed by atoms with Crippen LogP contribution in [-0.2, 0) is 0 Å². The highest BCUT2D eigenvalue weighted by Gasteiger charge is 1.83. The molecule has 0 saturated heterocycles. The molecule has 1 radical (unpaired) electrons. The third-order valence-electron chi connectivity index (χ3n) is 1.15. The summed E-state index contributed by atoms with van der Waals surface area (Å²) in [6.07, 6.45) is 1.82. The Bertz CT molecular complexity index is 191. The molecule has 0 saturated carbocycles. The zero-order valence-electron chi connectivity index (χ0n) is 5.80. The highest BCUT2D eigenvalue weighted by atomic mass is 14.8. The Morgan fingerprint density at radius 3 is 3.10 bits per heavy atom. The van der Waals surface area contributed by atoms with Crippen LogP contribution < -0.4 is 5.32 Å². The van der Waals surface area contributed by atoms with Gasteiger partial charge in [0.15, 0.2) is 0 Å². The van der Waals surface area contributed by atoms with E-state index >= 15 is 0 Å². The zero-order chi connectivity index (χ0) is 7.23. The second kappa shape index (κ2) is 3.72.